The van der Waals surface area contributed by atoms with Crippen LogP contribution in [0.1, 0.15) is 34.1 Å². The first kappa shape index (κ1) is 22.0. The number of pyridine rings is 1. The van der Waals surface area contributed by atoms with Crippen molar-refractivity contribution in [3.63, 3.8) is 0 Å². The number of nitrogens with zero attached hydrogens (tertiary/aromatic N) is 2. The summed E-state index contributed by atoms with van der Waals surface area (Å²) in [7, 11) is 1.48. The third-order valence-corrected chi connectivity index (χ3v) is 3.93. The van der Waals surface area contributed by atoms with Crippen LogP contribution in [0.5, 0.6) is 5.88 Å². The number of nitrogen functional groups attached to an aromatic ring is 1. The lowest BCUT2D eigenvalue weighted by Crippen LogP contribution is -2.48. The summed E-state index contributed by atoms with van der Waals surface area (Å²) in [5, 5.41) is 2.64. The fraction of sp³-hybridized carbons (Fsp3) is 0.381. The summed E-state index contributed by atoms with van der Waals surface area (Å²) in [5.74, 6) is 0.151. The predicted octanol–water partition coefficient (Wildman–Crippen LogP) is 3.64. The molecule has 29 heavy (non-hydrogen) atoms. The van der Waals surface area contributed by atoms with Gasteiger partial charge in [-0.2, -0.15) is 4.98 Å². The maximum atomic E-state index is 13.4. The maximum Gasteiger partial charge on any atom is 0.408 e. The quantitative estimate of drug-likeness (QED) is 0.767. The molecule has 0 fully saturated rings. The van der Waals surface area contributed by atoms with E-state index in [1.807, 2.05) is 6.07 Å². The fourth-order valence-electron chi connectivity index (χ4n) is 2.61. The number of alkyl carbamates (subject to hydrolysis) is 1. The fourth-order valence-corrected chi connectivity index (χ4v) is 2.61. The standard InChI is InChI=1S/C21H28N4O4/c1-6-16(23-20(27)29-21(2,3)4)19(26)25(14-10-8-7-9-11-14)18-15(22)12-13-17(24-18)28-5/h7-13,16H,6,22H2,1-5H3,(H,23,27)/t16-/m0/s1. The lowest BCUT2D eigenvalue weighted by molar-refractivity contribution is -0.120. The molecule has 0 saturated heterocycles. The van der Waals surface area contributed by atoms with Gasteiger partial charge in [0.25, 0.3) is 5.91 Å². The molecule has 0 bridgehead atoms. The van der Waals surface area contributed by atoms with Crippen LogP contribution < -0.4 is 20.7 Å². The van der Waals surface area contributed by atoms with Crippen molar-refractivity contribution in [3.05, 3.63) is 42.5 Å². The van der Waals surface area contributed by atoms with Crippen LogP contribution in [0, 0.1) is 0 Å². The van der Waals surface area contributed by atoms with Gasteiger partial charge in [0.1, 0.15) is 11.6 Å². The van der Waals surface area contributed by atoms with Crippen LogP contribution in [0.15, 0.2) is 42.5 Å². The Bertz CT molecular complexity index is 850. The number of nitrogens with one attached hydrogen (secondary N) is 1. The molecule has 0 aliphatic heterocycles. The third kappa shape index (κ3) is 5.84. The van der Waals surface area contributed by atoms with Crippen molar-refractivity contribution in [2.45, 2.75) is 45.8 Å². The topological polar surface area (TPSA) is 107 Å². The smallest absolute Gasteiger partial charge is 0.408 e. The van der Waals surface area contributed by atoms with Crippen molar-refractivity contribution in [2.24, 2.45) is 0 Å². The number of ether oxygens (including phenoxy) is 2. The molecule has 2 amide bonds. The number of carbonyl (C=O) groups excluding carboxylic acids is 2. The molecule has 3 N–H and O–H groups in total. The van der Waals surface area contributed by atoms with Crippen molar-refractivity contribution in [1.29, 1.82) is 0 Å². The van der Waals surface area contributed by atoms with Crippen LogP contribution in [0.25, 0.3) is 0 Å². The summed E-state index contributed by atoms with van der Waals surface area (Å²) in [4.78, 5) is 31.4. The van der Waals surface area contributed by atoms with E-state index in [-0.39, 0.29) is 5.82 Å². The lowest BCUT2D eigenvalue weighted by atomic mass is 10.1. The Morgan fingerprint density at radius 3 is 2.38 bits per heavy atom. The Balaban J connectivity index is 2.43. The monoisotopic (exact) mass is 400 g/mol. The Kier molecular flexibility index (Phi) is 7.03. The van der Waals surface area contributed by atoms with Gasteiger partial charge in [0, 0.05) is 6.07 Å². The van der Waals surface area contributed by atoms with Gasteiger partial charge in [-0.05, 0) is 45.4 Å². The molecule has 0 aliphatic rings. The third-order valence-electron chi connectivity index (χ3n) is 3.93. The molecule has 0 unspecified atom stereocenters. The average molecular weight is 400 g/mol. The number of aromatic nitrogens is 1. The minimum absolute atomic E-state index is 0.227. The molecular formula is C21H28N4O4. The van der Waals surface area contributed by atoms with E-state index in [1.54, 1.807) is 64.1 Å². The lowest BCUT2D eigenvalue weighted by Gasteiger charge is -2.28. The Morgan fingerprint density at radius 1 is 1.17 bits per heavy atom. The second-order valence-electron chi connectivity index (χ2n) is 7.38. The van der Waals surface area contributed by atoms with Gasteiger partial charge in [0.2, 0.25) is 5.88 Å². The van der Waals surface area contributed by atoms with Gasteiger partial charge >= 0.3 is 6.09 Å². The molecule has 2 rings (SSSR count). The van der Waals surface area contributed by atoms with E-state index in [0.717, 1.165) is 0 Å². The van der Waals surface area contributed by atoms with Gasteiger partial charge in [-0.15, -0.1) is 0 Å². The van der Waals surface area contributed by atoms with Gasteiger partial charge in [-0.1, -0.05) is 25.1 Å². The molecule has 0 aliphatic carbocycles. The molecule has 156 valence electrons. The number of anilines is 3. The van der Waals surface area contributed by atoms with Crippen molar-refractivity contribution < 1.29 is 19.1 Å². The van der Waals surface area contributed by atoms with E-state index in [4.69, 9.17) is 15.2 Å². The van der Waals surface area contributed by atoms with Crippen LogP contribution in [-0.2, 0) is 9.53 Å². The number of amides is 2. The first-order valence-corrected chi connectivity index (χ1v) is 9.35. The summed E-state index contributed by atoms with van der Waals surface area (Å²) >= 11 is 0. The van der Waals surface area contributed by atoms with Crippen molar-refractivity contribution >= 4 is 29.2 Å². The number of hydrogen-bond acceptors (Lipinski definition) is 6. The largest absolute Gasteiger partial charge is 0.481 e. The molecule has 0 radical (unpaired) electrons. The second-order valence-corrected chi connectivity index (χ2v) is 7.38. The highest BCUT2D eigenvalue weighted by Gasteiger charge is 2.30. The average Bonchev–Trinajstić information content (AvgIpc) is 2.67. The summed E-state index contributed by atoms with van der Waals surface area (Å²) in [6.07, 6.45) is -0.317. The highest BCUT2D eigenvalue weighted by molar-refractivity contribution is 6.05. The summed E-state index contributed by atoms with van der Waals surface area (Å²) in [6.45, 7) is 7.07. The molecule has 8 heteroatoms. The molecular weight excluding hydrogens is 372 g/mol. The second kappa shape index (κ2) is 9.27. The van der Waals surface area contributed by atoms with Gasteiger partial charge in [-0.3, -0.25) is 9.69 Å². The van der Waals surface area contributed by atoms with Gasteiger partial charge < -0.3 is 20.5 Å². The highest BCUT2D eigenvalue weighted by Crippen LogP contribution is 2.31. The van der Waals surface area contributed by atoms with Gasteiger partial charge in [0.05, 0.1) is 18.5 Å². The number of nitrogens with two attached hydrogens (primary N) is 1. The first-order chi connectivity index (χ1) is 13.7. The molecule has 2 aromatic rings. The van der Waals surface area contributed by atoms with Crippen molar-refractivity contribution in [1.82, 2.24) is 10.3 Å². The Morgan fingerprint density at radius 2 is 1.83 bits per heavy atom. The highest BCUT2D eigenvalue weighted by atomic mass is 16.6. The maximum absolute atomic E-state index is 13.4. The number of rotatable bonds is 6. The van der Waals surface area contributed by atoms with Gasteiger partial charge in [0.15, 0.2) is 5.82 Å². The number of carbonyl (C=O) groups is 2. The van der Waals surface area contributed by atoms with E-state index in [0.29, 0.717) is 23.7 Å². The molecule has 8 nitrogen and oxygen atoms in total. The minimum Gasteiger partial charge on any atom is -0.481 e. The summed E-state index contributed by atoms with van der Waals surface area (Å²) < 4.78 is 10.5. The van der Waals surface area contributed by atoms with Crippen LogP contribution in [-0.4, -0.2) is 35.7 Å². The normalized spacial score (nSPS) is 12.0. The predicted molar refractivity (Wildman–Crippen MR) is 112 cm³/mol. The first-order valence-electron chi connectivity index (χ1n) is 9.35. The zero-order valence-electron chi connectivity index (χ0n) is 17.4. The van der Waals surface area contributed by atoms with Crippen molar-refractivity contribution in [2.75, 3.05) is 17.7 Å². The number of para-hydroxylation sites is 1. The van der Waals surface area contributed by atoms with Crippen LogP contribution in [0.3, 0.4) is 0 Å². The SMILES string of the molecule is CC[C@H](NC(=O)OC(C)(C)C)C(=O)N(c1ccccc1)c1nc(OC)ccc1N. The zero-order chi connectivity index (χ0) is 21.6. The van der Waals surface area contributed by atoms with Crippen LogP contribution in [0.4, 0.5) is 22.0 Å². The van der Waals surface area contributed by atoms with Gasteiger partial charge in [-0.25, -0.2) is 4.79 Å². The van der Waals surface area contributed by atoms with E-state index in [9.17, 15) is 9.59 Å². The Labute approximate surface area is 171 Å². The summed E-state index contributed by atoms with van der Waals surface area (Å²) in [5.41, 5.74) is 6.31. The molecule has 1 heterocycles. The van der Waals surface area contributed by atoms with E-state index in [1.165, 1.54) is 12.0 Å². The molecule has 0 spiro atoms. The molecule has 1 aromatic heterocycles. The molecule has 0 saturated carbocycles. The zero-order valence-corrected chi connectivity index (χ0v) is 17.4. The molecule has 1 atom stereocenters. The number of hydrogen-bond donors (Lipinski definition) is 2. The molecule has 1 aromatic carbocycles. The Hall–Kier alpha value is -3.29. The number of benzene rings is 1. The summed E-state index contributed by atoms with van der Waals surface area (Å²) in [6, 6.07) is 11.4. The van der Waals surface area contributed by atoms with E-state index < -0.39 is 23.6 Å². The van der Waals surface area contributed by atoms with E-state index >= 15 is 0 Å². The minimum atomic E-state index is -0.836. The van der Waals surface area contributed by atoms with E-state index in [2.05, 4.69) is 10.3 Å². The van der Waals surface area contributed by atoms with Crippen molar-refractivity contribution in [3.8, 4) is 5.88 Å². The van der Waals surface area contributed by atoms with Crippen LogP contribution in [0.2, 0.25) is 0 Å². The number of methoxy groups -OCH3 is 1. The van der Waals surface area contributed by atoms with Crippen LogP contribution >= 0.6 is 0 Å².